The van der Waals surface area contributed by atoms with Gasteiger partial charge in [-0.05, 0) is 53.2 Å². The maximum absolute atomic E-state index is 6.01. The monoisotopic (exact) mass is 341 g/mol. The van der Waals surface area contributed by atoms with Crippen molar-refractivity contribution in [1.82, 2.24) is 0 Å². The Labute approximate surface area is 125 Å². The maximum Gasteiger partial charge on any atom is 0.154 e. The molecule has 0 radical (unpaired) electrons. The summed E-state index contributed by atoms with van der Waals surface area (Å²) in [5, 5.41) is 0.635. The predicted molar refractivity (Wildman–Crippen MR) is 81.2 cm³/mol. The topological polar surface area (TPSA) is 44.5 Å². The van der Waals surface area contributed by atoms with E-state index in [0.29, 0.717) is 34.6 Å². The number of anilines is 1. The molecule has 0 aliphatic heterocycles. The van der Waals surface area contributed by atoms with E-state index in [1.165, 1.54) is 0 Å². The lowest BCUT2D eigenvalue weighted by Gasteiger charge is -2.13. The van der Waals surface area contributed by atoms with E-state index in [2.05, 4.69) is 15.9 Å². The van der Waals surface area contributed by atoms with Crippen LogP contribution in [-0.2, 0) is 0 Å². The summed E-state index contributed by atoms with van der Waals surface area (Å²) in [6.45, 7) is 2.46. The molecule has 5 heteroatoms. The lowest BCUT2D eigenvalue weighted by atomic mass is 10.2. The molecule has 0 fully saturated rings. The number of halogens is 2. The average Bonchev–Trinajstić information content (AvgIpc) is 2.37. The van der Waals surface area contributed by atoms with E-state index in [4.69, 9.17) is 26.8 Å². The van der Waals surface area contributed by atoms with Gasteiger partial charge in [-0.1, -0.05) is 17.7 Å². The summed E-state index contributed by atoms with van der Waals surface area (Å²) < 4.78 is 12.0. The summed E-state index contributed by atoms with van der Waals surface area (Å²) in [6.07, 6.45) is 0. The lowest BCUT2D eigenvalue weighted by Crippen LogP contribution is -1.99. The van der Waals surface area contributed by atoms with Crippen LogP contribution in [0.15, 0.2) is 40.9 Å². The molecule has 2 N–H and O–H groups in total. The number of ether oxygens (including phenoxy) is 2. The average molecular weight is 343 g/mol. The molecule has 2 aromatic rings. The second-order valence-corrected chi connectivity index (χ2v) is 5.07. The number of nitrogens with two attached hydrogens (primary N) is 1. The Morgan fingerprint density at radius 3 is 2.58 bits per heavy atom. The summed E-state index contributed by atoms with van der Waals surface area (Å²) in [5.74, 6) is 1.81. The second kappa shape index (κ2) is 6.17. The Morgan fingerprint density at radius 1 is 1.16 bits per heavy atom. The first kappa shape index (κ1) is 14.0. The third-order valence-corrected chi connectivity index (χ3v) is 3.29. The van der Waals surface area contributed by atoms with E-state index in [1.54, 1.807) is 24.3 Å². The van der Waals surface area contributed by atoms with Crippen LogP contribution in [-0.4, -0.2) is 6.61 Å². The fourth-order valence-electron chi connectivity index (χ4n) is 1.57. The molecule has 0 saturated carbocycles. The molecular weight excluding hydrogens is 330 g/mol. The van der Waals surface area contributed by atoms with Crippen LogP contribution in [0.25, 0.3) is 0 Å². The molecule has 19 heavy (non-hydrogen) atoms. The van der Waals surface area contributed by atoms with E-state index < -0.39 is 0 Å². The van der Waals surface area contributed by atoms with Gasteiger partial charge in [0.1, 0.15) is 17.2 Å². The van der Waals surface area contributed by atoms with Gasteiger partial charge in [0.05, 0.1) is 11.1 Å². The van der Waals surface area contributed by atoms with Crippen LogP contribution in [0.2, 0.25) is 5.02 Å². The first-order valence-corrected chi connectivity index (χ1v) is 6.93. The maximum atomic E-state index is 6.01. The molecule has 2 aromatic carbocycles. The first-order chi connectivity index (χ1) is 9.11. The quantitative estimate of drug-likeness (QED) is 0.806. The van der Waals surface area contributed by atoms with Crippen molar-refractivity contribution in [2.75, 3.05) is 12.3 Å². The van der Waals surface area contributed by atoms with Crippen LogP contribution in [0.4, 0.5) is 5.69 Å². The van der Waals surface area contributed by atoms with Crippen LogP contribution >= 0.6 is 27.5 Å². The highest BCUT2D eigenvalue weighted by atomic mass is 79.9. The van der Waals surface area contributed by atoms with Gasteiger partial charge < -0.3 is 15.2 Å². The van der Waals surface area contributed by atoms with Crippen molar-refractivity contribution in [1.29, 1.82) is 0 Å². The minimum Gasteiger partial charge on any atom is -0.492 e. The molecule has 0 atom stereocenters. The number of rotatable bonds is 4. The van der Waals surface area contributed by atoms with Gasteiger partial charge in [-0.25, -0.2) is 0 Å². The van der Waals surface area contributed by atoms with Crippen LogP contribution in [0.5, 0.6) is 17.2 Å². The van der Waals surface area contributed by atoms with Crippen LogP contribution in [0.3, 0.4) is 0 Å². The largest absolute Gasteiger partial charge is 0.492 e. The highest BCUT2D eigenvalue weighted by Crippen LogP contribution is 2.37. The molecule has 2 rings (SSSR count). The van der Waals surface area contributed by atoms with Gasteiger partial charge in [-0.2, -0.15) is 0 Å². The van der Waals surface area contributed by atoms with Gasteiger partial charge in [0.25, 0.3) is 0 Å². The summed E-state index contributed by atoms with van der Waals surface area (Å²) in [7, 11) is 0. The van der Waals surface area contributed by atoms with Gasteiger partial charge in [0, 0.05) is 5.02 Å². The van der Waals surface area contributed by atoms with Crippen molar-refractivity contribution in [2.45, 2.75) is 6.92 Å². The van der Waals surface area contributed by atoms with Gasteiger partial charge in [0.15, 0.2) is 5.75 Å². The molecule has 100 valence electrons. The molecule has 0 aliphatic carbocycles. The van der Waals surface area contributed by atoms with E-state index >= 15 is 0 Å². The Morgan fingerprint density at radius 2 is 1.89 bits per heavy atom. The van der Waals surface area contributed by atoms with Crippen molar-refractivity contribution in [2.24, 2.45) is 0 Å². The van der Waals surface area contributed by atoms with E-state index in [1.807, 2.05) is 19.1 Å². The first-order valence-electron chi connectivity index (χ1n) is 5.76. The zero-order valence-electron chi connectivity index (χ0n) is 10.3. The third-order valence-electron chi connectivity index (χ3n) is 2.44. The molecule has 0 heterocycles. The van der Waals surface area contributed by atoms with Crippen molar-refractivity contribution in [3.63, 3.8) is 0 Å². The Hall–Kier alpha value is -1.39. The highest BCUT2D eigenvalue weighted by Gasteiger charge is 2.10. The lowest BCUT2D eigenvalue weighted by molar-refractivity contribution is 0.340. The van der Waals surface area contributed by atoms with Crippen LogP contribution in [0.1, 0.15) is 6.92 Å². The van der Waals surface area contributed by atoms with Crippen molar-refractivity contribution < 1.29 is 9.47 Å². The Bertz CT molecular complexity index is 590. The Balaban J connectivity index is 2.30. The molecule has 0 amide bonds. The van der Waals surface area contributed by atoms with Gasteiger partial charge in [-0.3, -0.25) is 0 Å². The van der Waals surface area contributed by atoms with E-state index in [0.717, 1.165) is 4.47 Å². The number of benzene rings is 2. The van der Waals surface area contributed by atoms with Gasteiger partial charge in [0.2, 0.25) is 0 Å². The zero-order valence-corrected chi connectivity index (χ0v) is 12.7. The second-order valence-electron chi connectivity index (χ2n) is 3.78. The highest BCUT2D eigenvalue weighted by molar-refractivity contribution is 9.10. The minimum absolute atomic E-state index is 0.478. The molecule has 0 aliphatic rings. The van der Waals surface area contributed by atoms with E-state index in [-0.39, 0.29) is 0 Å². The molecular formula is C14H13BrClNO2. The summed E-state index contributed by atoms with van der Waals surface area (Å²) >= 11 is 9.28. The molecule has 0 saturated heterocycles. The van der Waals surface area contributed by atoms with E-state index in [9.17, 15) is 0 Å². The number of nitrogen functional groups attached to an aromatic ring is 1. The zero-order chi connectivity index (χ0) is 13.8. The fourth-order valence-corrected chi connectivity index (χ4v) is 2.33. The molecule has 3 nitrogen and oxygen atoms in total. The third kappa shape index (κ3) is 3.33. The molecule has 0 aromatic heterocycles. The normalized spacial score (nSPS) is 10.3. The van der Waals surface area contributed by atoms with Crippen LogP contribution < -0.4 is 15.2 Å². The van der Waals surface area contributed by atoms with Gasteiger partial charge in [-0.15, -0.1) is 0 Å². The molecule has 0 spiro atoms. The number of hydrogen-bond donors (Lipinski definition) is 1. The minimum atomic E-state index is 0.478. The Kier molecular flexibility index (Phi) is 4.56. The van der Waals surface area contributed by atoms with Crippen molar-refractivity contribution in [3.05, 3.63) is 45.9 Å². The standard InChI is InChI=1S/C14H13BrClNO2/c1-2-18-12-4-3-5-13(14(12)17)19-11-7-6-9(16)8-10(11)15/h3-8H,2,17H2,1H3. The van der Waals surface area contributed by atoms with Gasteiger partial charge >= 0.3 is 0 Å². The van der Waals surface area contributed by atoms with Crippen molar-refractivity contribution >= 4 is 33.2 Å². The predicted octanol–water partition coefficient (Wildman–Crippen LogP) is 4.88. The molecule has 0 unspecified atom stereocenters. The fraction of sp³-hybridized carbons (Fsp3) is 0.143. The number of hydrogen-bond acceptors (Lipinski definition) is 3. The SMILES string of the molecule is CCOc1cccc(Oc2ccc(Cl)cc2Br)c1N. The summed E-state index contributed by atoms with van der Waals surface area (Å²) in [6, 6.07) is 10.7. The summed E-state index contributed by atoms with van der Waals surface area (Å²) in [5.41, 5.74) is 6.48. The summed E-state index contributed by atoms with van der Waals surface area (Å²) in [4.78, 5) is 0. The molecule has 0 bridgehead atoms. The van der Waals surface area contributed by atoms with Crippen molar-refractivity contribution in [3.8, 4) is 17.2 Å². The number of para-hydroxylation sites is 1. The van der Waals surface area contributed by atoms with Crippen LogP contribution in [0, 0.1) is 0 Å². The smallest absolute Gasteiger partial charge is 0.154 e.